The number of thioether (sulfide) groups is 1. The van der Waals surface area contributed by atoms with Gasteiger partial charge in [-0.1, -0.05) is 6.07 Å². The number of nitrogens with one attached hydrogen (secondary N) is 1. The summed E-state index contributed by atoms with van der Waals surface area (Å²) in [5, 5.41) is 0.836. The van der Waals surface area contributed by atoms with Crippen LogP contribution in [0.4, 0.5) is 0 Å². The summed E-state index contributed by atoms with van der Waals surface area (Å²) in [6.45, 7) is 4.24. The first-order chi connectivity index (χ1) is 11.1. The van der Waals surface area contributed by atoms with Crippen LogP contribution < -0.4 is 5.56 Å². The standard InChI is InChI=1S/C18H18N2OS2/c1-10-6-7-12(8-11(10)2)22-9-15-19-17(21)16-13-4-3-5-14(13)23-18(16)20-15/h6-8H,3-5,9H2,1-2H3,(H,19,20,21). The zero-order valence-corrected chi connectivity index (χ0v) is 14.9. The fourth-order valence-electron chi connectivity index (χ4n) is 3.07. The number of hydrogen-bond acceptors (Lipinski definition) is 4. The monoisotopic (exact) mass is 342 g/mol. The van der Waals surface area contributed by atoms with E-state index in [2.05, 4.69) is 37.0 Å². The second kappa shape index (κ2) is 5.80. The van der Waals surface area contributed by atoms with Crippen LogP contribution in [0.2, 0.25) is 0 Å². The molecule has 0 bridgehead atoms. The average Bonchev–Trinajstić information content (AvgIpc) is 3.08. The van der Waals surface area contributed by atoms with Crippen LogP contribution >= 0.6 is 23.1 Å². The van der Waals surface area contributed by atoms with E-state index in [9.17, 15) is 4.79 Å². The summed E-state index contributed by atoms with van der Waals surface area (Å²) in [5.41, 5.74) is 3.87. The van der Waals surface area contributed by atoms with Gasteiger partial charge < -0.3 is 4.98 Å². The Morgan fingerprint density at radius 3 is 2.96 bits per heavy atom. The summed E-state index contributed by atoms with van der Waals surface area (Å²) in [4.78, 5) is 23.6. The first-order valence-electron chi connectivity index (χ1n) is 7.85. The first-order valence-corrected chi connectivity index (χ1v) is 9.65. The number of hydrogen-bond donors (Lipinski definition) is 1. The Morgan fingerprint density at radius 1 is 1.26 bits per heavy atom. The average molecular weight is 342 g/mol. The van der Waals surface area contributed by atoms with E-state index in [1.54, 1.807) is 23.1 Å². The maximum Gasteiger partial charge on any atom is 0.259 e. The molecule has 2 aromatic heterocycles. The molecule has 3 aromatic rings. The molecule has 0 fully saturated rings. The molecule has 2 heterocycles. The van der Waals surface area contributed by atoms with Gasteiger partial charge in [-0.15, -0.1) is 23.1 Å². The number of thiophene rings is 1. The highest BCUT2D eigenvalue weighted by atomic mass is 32.2. The van der Waals surface area contributed by atoms with Gasteiger partial charge in [0.1, 0.15) is 10.7 Å². The molecule has 0 amide bonds. The quantitative estimate of drug-likeness (QED) is 0.718. The molecule has 0 atom stereocenters. The highest BCUT2D eigenvalue weighted by Gasteiger charge is 2.21. The van der Waals surface area contributed by atoms with Crippen molar-refractivity contribution in [3.05, 3.63) is 55.9 Å². The summed E-state index contributed by atoms with van der Waals surface area (Å²) in [5.74, 6) is 1.46. The maximum absolute atomic E-state index is 12.4. The number of fused-ring (bicyclic) bond motifs is 3. The van der Waals surface area contributed by atoms with Gasteiger partial charge in [0.15, 0.2) is 0 Å². The van der Waals surface area contributed by atoms with E-state index in [0.29, 0.717) is 5.75 Å². The zero-order valence-electron chi connectivity index (χ0n) is 13.2. The smallest absolute Gasteiger partial charge is 0.259 e. The van der Waals surface area contributed by atoms with E-state index < -0.39 is 0 Å². The van der Waals surface area contributed by atoms with Crippen molar-refractivity contribution < 1.29 is 0 Å². The van der Waals surface area contributed by atoms with Gasteiger partial charge >= 0.3 is 0 Å². The third-order valence-corrected chi connectivity index (χ3v) is 6.67. The molecule has 0 unspecified atom stereocenters. The molecular formula is C18H18N2OS2. The van der Waals surface area contributed by atoms with E-state index in [0.717, 1.165) is 28.9 Å². The molecule has 1 aliphatic carbocycles. The van der Waals surface area contributed by atoms with Gasteiger partial charge in [0.2, 0.25) is 0 Å². The fraction of sp³-hybridized carbons (Fsp3) is 0.333. The maximum atomic E-state index is 12.4. The molecule has 0 spiro atoms. The minimum absolute atomic E-state index is 0.0325. The molecule has 1 aliphatic rings. The molecular weight excluding hydrogens is 324 g/mol. The highest BCUT2D eigenvalue weighted by molar-refractivity contribution is 7.98. The molecule has 5 heteroatoms. The molecule has 1 aromatic carbocycles. The minimum atomic E-state index is 0.0325. The number of aromatic amines is 1. The van der Waals surface area contributed by atoms with Crippen LogP contribution in [-0.4, -0.2) is 9.97 Å². The van der Waals surface area contributed by atoms with Gasteiger partial charge in [-0.25, -0.2) is 4.98 Å². The SMILES string of the molecule is Cc1ccc(SCc2nc3sc4c(c3c(=O)[nH]2)CCC4)cc1C. The van der Waals surface area contributed by atoms with Crippen molar-refractivity contribution in [2.24, 2.45) is 0 Å². The predicted octanol–water partition coefficient (Wildman–Crippen LogP) is 4.38. The molecule has 0 saturated heterocycles. The van der Waals surface area contributed by atoms with Crippen molar-refractivity contribution in [3.63, 3.8) is 0 Å². The molecule has 0 saturated carbocycles. The molecule has 3 nitrogen and oxygen atoms in total. The number of nitrogens with zero attached hydrogens (tertiary/aromatic N) is 1. The molecule has 0 radical (unpaired) electrons. The number of benzene rings is 1. The van der Waals surface area contributed by atoms with Crippen LogP contribution in [0.1, 0.15) is 33.8 Å². The van der Waals surface area contributed by atoms with Gasteiger partial charge in [0.05, 0.1) is 11.1 Å². The van der Waals surface area contributed by atoms with Crippen molar-refractivity contribution in [1.82, 2.24) is 9.97 Å². The Kier molecular flexibility index (Phi) is 3.77. The predicted molar refractivity (Wildman–Crippen MR) is 97.7 cm³/mol. The number of aryl methyl sites for hydroxylation is 4. The van der Waals surface area contributed by atoms with Gasteiger partial charge in [-0.2, -0.15) is 0 Å². The van der Waals surface area contributed by atoms with Crippen LogP contribution in [0.3, 0.4) is 0 Å². The number of H-pyrrole nitrogens is 1. The van der Waals surface area contributed by atoms with Crippen LogP contribution in [-0.2, 0) is 18.6 Å². The topological polar surface area (TPSA) is 45.8 Å². The normalized spacial score (nSPS) is 13.7. The lowest BCUT2D eigenvalue weighted by molar-refractivity contribution is 0.916. The molecule has 118 valence electrons. The van der Waals surface area contributed by atoms with Gasteiger partial charge in [0, 0.05) is 9.77 Å². The Labute approximate surface area is 143 Å². The third-order valence-electron chi connectivity index (χ3n) is 4.48. The van der Waals surface area contributed by atoms with Crippen LogP contribution in [0.5, 0.6) is 0 Å². The van der Waals surface area contributed by atoms with Gasteiger partial charge in [-0.3, -0.25) is 4.79 Å². The molecule has 1 N–H and O–H groups in total. The van der Waals surface area contributed by atoms with Crippen molar-refractivity contribution in [1.29, 1.82) is 0 Å². The summed E-state index contributed by atoms with van der Waals surface area (Å²) < 4.78 is 0. The largest absolute Gasteiger partial charge is 0.309 e. The molecule has 23 heavy (non-hydrogen) atoms. The zero-order chi connectivity index (χ0) is 16.0. The van der Waals surface area contributed by atoms with Gasteiger partial charge in [-0.05, 0) is 61.9 Å². The Hall–Kier alpha value is -1.59. The number of aromatic nitrogens is 2. The second-order valence-corrected chi connectivity index (χ2v) is 8.22. The Bertz CT molecular complexity index is 956. The molecule has 0 aliphatic heterocycles. The number of rotatable bonds is 3. The third kappa shape index (κ3) is 2.72. The van der Waals surface area contributed by atoms with Gasteiger partial charge in [0.25, 0.3) is 5.56 Å². The van der Waals surface area contributed by atoms with Crippen LogP contribution in [0, 0.1) is 13.8 Å². The van der Waals surface area contributed by atoms with Crippen molar-refractivity contribution >= 4 is 33.3 Å². The van der Waals surface area contributed by atoms with Crippen LogP contribution in [0.15, 0.2) is 27.9 Å². The van der Waals surface area contributed by atoms with E-state index in [1.807, 2.05) is 0 Å². The summed E-state index contributed by atoms with van der Waals surface area (Å²) in [6, 6.07) is 6.46. The minimum Gasteiger partial charge on any atom is -0.309 e. The summed E-state index contributed by atoms with van der Waals surface area (Å²) >= 11 is 3.42. The van der Waals surface area contributed by atoms with Crippen LogP contribution in [0.25, 0.3) is 10.2 Å². The van der Waals surface area contributed by atoms with E-state index in [1.165, 1.54) is 32.9 Å². The fourth-order valence-corrected chi connectivity index (χ4v) is 5.22. The molecule has 4 rings (SSSR count). The lowest BCUT2D eigenvalue weighted by Crippen LogP contribution is -2.11. The highest BCUT2D eigenvalue weighted by Crippen LogP contribution is 2.34. The van der Waals surface area contributed by atoms with E-state index >= 15 is 0 Å². The van der Waals surface area contributed by atoms with E-state index in [4.69, 9.17) is 4.98 Å². The first kappa shape index (κ1) is 15.0. The lowest BCUT2D eigenvalue weighted by atomic mass is 10.1. The lowest BCUT2D eigenvalue weighted by Gasteiger charge is -2.05. The summed E-state index contributed by atoms with van der Waals surface area (Å²) in [7, 11) is 0. The Balaban J connectivity index is 1.62. The van der Waals surface area contributed by atoms with Crippen molar-refractivity contribution in [2.75, 3.05) is 0 Å². The van der Waals surface area contributed by atoms with Crippen molar-refractivity contribution in [2.45, 2.75) is 43.8 Å². The summed E-state index contributed by atoms with van der Waals surface area (Å²) in [6.07, 6.45) is 3.29. The van der Waals surface area contributed by atoms with E-state index in [-0.39, 0.29) is 5.56 Å². The Morgan fingerprint density at radius 2 is 2.13 bits per heavy atom. The second-order valence-electron chi connectivity index (χ2n) is 6.08. The van der Waals surface area contributed by atoms with Crippen molar-refractivity contribution in [3.8, 4) is 0 Å².